The number of nitrogens with two attached hydrogens (primary N) is 2. The molecule has 0 radical (unpaired) electrons. The largest absolute Gasteiger partial charge is 0.477 e. The maximum absolute atomic E-state index is 13.0. The molecule has 13 nitrogen and oxygen atoms in total. The van der Waals surface area contributed by atoms with E-state index in [1.807, 2.05) is 6.07 Å². The second-order valence-corrected chi connectivity index (χ2v) is 11.5. The maximum Gasteiger partial charge on any atom is 0.415 e. The van der Waals surface area contributed by atoms with Gasteiger partial charge in [0.1, 0.15) is 6.04 Å². The highest BCUT2D eigenvalue weighted by Gasteiger charge is 2.68. The van der Waals surface area contributed by atoms with Crippen molar-refractivity contribution in [2.24, 2.45) is 22.4 Å². The average molecular weight is 570 g/mol. The molecule has 2 fully saturated rings. The summed E-state index contributed by atoms with van der Waals surface area (Å²) in [6.45, 7) is 2.75. The number of hydrogen-bond acceptors (Lipinski definition) is 8. The summed E-state index contributed by atoms with van der Waals surface area (Å²) in [6, 6.07) is 3.37. The van der Waals surface area contributed by atoms with Crippen molar-refractivity contribution in [3.63, 3.8) is 0 Å². The topological polar surface area (TPSA) is 182 Å². The fourth-order valence-corrected chi connectivity index (χ4v) is 7.18. The summed E-state index contributed by atoms with van der Waals surface area (Å²) < 4.78 is 12.1. The van der Waals surface area contributed by atoms with E-state index in [1.165, 1.54) is 11.8 Å². The van der Waals surface area contributed by atoms with Gasteiger partial charge in [0.2, 0.25) is 11.8 Å². The lowest BCUT2D eigenvalue weighted by molar-refractivity contribution is -0.132. The molecule has 5 atom stereocenters. The molecule has 1 saturated heterocycles. The number of nitrogens with one attached hydrogen (secondary N) is 2. The van der Waals surface area contributed by atoms with Gasteiger partial charge in [0.15, 0.2) is 29.3 Å². The van der Waals surface area contributed by atoms with Crippen molar-refractivity contribution in [1.29, 1.82) is 0 Å². The molecule has 2 heterocycles. The Balaban J connectivity index is 1.20. The summed E-state index contributed by atoms with van der Waals surface area (Å²) in [7, 11) is 3.69. The number of hydrogen-bond donors (Lipinski definition) is 4. The molecule has 1 aromatic carbocycles. The van der Waals surface area contributed by atoms with Crippen LogP contribution in [0.4, 0.5) is 4.79 Å². The Morgan fingerprint density at radius 3 is 2.83 bits per heavy atom. The van der Waals surface area contributed by atoms with Gasteiger partial charge in [0.25, 0.3) is 0 Å². The quantitative estimate of drug-likeness (QED) is 0.166. The van der Waals surface area contributed by atoms with E-state index in [4.69, 9.17) is 20.9 Å². The summed E-state index contributed by atoms with van der Waals surface area (Å²) in [6.07, 6.45) is 1.94. The normalized spacial score (nSPS) is 25.9. The van der Waals surface area contributed by atoms with E-state index in [1.54, 1.807) is 13.1 Å². The van der Waals surface area contributed by atoms with Gasteiger partial charge >= 0.3 is 6.09 Å². The molecule has 1 spiro atoms. The molecule has 2 bridgehead atoms. The maximum atomic E-state index is 13.0. The number of benzene rings is 1. The van der Waals surface area contributed by atoms with Crippen LogP contribution in [-0.2, 0) is 26.2 Å². The first-order valence-electron chi connectivity index (χ1n) is 14.1. The smallest absolute Gasteiger partial charge is 0.415 e. The molecule has 222 valence electrons. The number of rotatable bonds is 10. The van der Waals surface area contributed by atoms with Gasteiger partial charge in [0, 0.05) is 58.2 Å². The second-order valence-electron chi connectivity index (χ2n) is 11.5. The van der Waals surface area contributed by atoms with Crippen molar-refractivity contribution in [3.05, 3.63) is 23.3 Å². The van der Waals surface area contributed by atoms with Gasteiger partial charge in [-0.2, -0.15) is 0 Å². The molecule has 2 unspecified atom stereocenters. The lowest BCUT2D eigenvalue weighted by atomic mass is 9.57. The van der Waals surface area contributed by atoms with Crippen LogP contribution < -0.4 is 31.6 Å². The van der Waals surface area contributed by atoms with Gasteiger partial charge < -0.3 is 41.4 Å². The fourth-order valence-electron chi connectivity index (χ4n) is 7.18. The molecule has 1 aromatic rings. The third-order valence-corrected chi connectivity index (χ3v) is 8.90. The number of aliphatic imine (C=N–C) groups is 1. The number of Topliss-reactive ketones (excluding diaryl/α,β-unsaturated/α-hetero) is 1. The molecule has 13 heteroatoms. The minimum atomic E-state index is -0.751. The van der Waals surface area contributed by atoms with E-state index in [0.717, 1.165) is 30.5 Å². The summed E-state index contributed by atoms with van der Waals surface area (Å²) in [5.74, 6) is 0.526. The van der Waals surface area contributed by atoms with Crippen LogP contribution in [0.1, 0.15) is 43.7 Å². The number of nitrogens with zero attached hydrogens (tertiary/aromatic N) is 3. The number of ketones is 1. The van der Waals surface area contributed by atoms with Crippen LogP contribution in [0.5, 0.6) is 11.5 Å². The summed E-state index contributed by atoms with van der Waals surface area (Å²) in [5, 5.41) is 5.38. The first kappa shape index (κ1) is 28.7. The van der Waals surface area contributed by atoms with Gasteiger partial charge in [-0.25, -0.2) is 4.79 Å². The molecule has 0 aromatic heterocycles. The van der Waals surface area contributed by atoms with E-state index < -0.39 is 18.2 Å². The number of amides is 3. The Morgan fingerprint density at radius 1 is 1.32 bits per heavy atom. The van der Waals surface area contributed by atoms with Crippen LogP contribution in [0.2, 0.25) is 0 Å². The Labute approximate surface area is 239 Å². The van der Waals surface area contributed by atoms with E-state index in [-0.39, 0.29) is 42.1 Å². The van der Waals surface area contributed by atoms with Gasteiger partial charge in [-0.15, -0.1) is 0 Å². The SMILES string of the molecule is CC(=O)N[C@@H](CCCN=C(N)N)C(=O)NCCN(C)C(=O)Oc1ccc2c3c1OC1C(=O)CCC4[C@@H](C2)N(C)C[C@]314. The minimum Gasteiger partial charge on any atom is -0.477 e. The Morgan fingerprint density at radius 2 is 2.10 bits per heavy atom. The van der Waals surface area contributed by atoms with Gasteiger partial charge in [-0.1, -0.05) is 6.07 Å². The van der Waals surface area contributed by atoms with Crippen molar-refractivity contribution in [3.8, 4) is 11.5 Å². The molecular weight excluding hydrogens is 530 g/mol. The van der Waals surface area contributed by atoms with Crippen molar-refractivity contribution in [1.82, 2.24) is 20.4 Å². The third kappa shape index (κ3) is 5.18. The lowest BCUT2D eigenvalue weighted by Gasteiger charge is -2.43. The Kier molecular flexibility index (Phi) is 7.82. The average Bonchev–Trinajstić information content (AvgIpc) is 3.36. The van der Waals surface area contributed by atoms with Gasteiger partial charge in [-0.3, -0.25) is 19.4 Å². The number of ether oxygens (including phenoxy) is 2. The summed E-state index contributed by atoms with van der Waals surface area (Å²) in [5.41, 5.74) is 12.5. The van der Waals surface area contributed by atoms with Crippen molar-refractivity contribution < 1.29 is 28.7 Å². The molecule has 41 heavy (non-hydrogen) atoms. The van der Waals surface area contributed by atoms with Gasteiger partial charge in [-0.05, 0) is 50.3 Å². The predicted octanol–water partition coefficient (Wildman–Crippen LogP) is -0.360. The van der Waals surface area contributed by atoms with Crippen LogP contribution in [0, 0.1) is 5.92 Å². The highest BCUT2D eigenvalue weighted by Crippen LogP contribution is 2.63. The van der Waals surface area contributed by atoms with E-state index in [2.05, 4.69) is 27.6 Å². The monoisotopic (exact) mass is 569 g/mol. The van der Waals surface area contributed by atoms with Gasteiger partial charge in [0.05, 0.1) is 5.41 Å². The molecule has 2 aliphatic carbocycles. The first-order valence-corrected chi connectivity index (χ1v) is 14.1. The van der Waals surface area contributed by atoms with Crippen LogP contribution >= 0.6 is 0 Å². The molecule has 5 rings (SSSR count). The summed E-state index contributed by atoms with van der Waals surface area (Å²) in [4.78, 5) is 57.9. The van der Waals surface area contributed by atoms with E-state index in [9.17, 15) is 19.2 Å². The highest BCUT2D eigenvalue weighted by atomic mass is 16.6. The van der Waals surface area contributed by atoms with Crippen LogP contribution in [0.15, 0.2) is 17.1 Å². The molecule has 3 amide bonds. The first-order chi connectivity index (χ1) is 19.5. The zero-order chi connectivity index (χ0) is 29.5. The molecule has 6 N–H and O–H groups in total. The standard InChI is InChI=1S/C28H39N7O6/c1-15(36)33-18(5-4-10-32-26(29)30)25(38)31-11-12-34(2)27(39)40-21-9-6-16-13-19-17-7-8-20(37)24-28(17,14-35(19)3)22(16)23(21)41-24/h6,9,17-19,24H,4-5,7-8,10-14H2,1-3H3,(H,31,38)(H,33,36)(H4,29,30,32)/t17?,18-,19+,24?,28-/m0/s1. The summed E-state index contributed by atoms with van der Waals surface area (Å²) >= 11 is 0. The number of likely N-dealkylation sites (tertiary alicyclic amines) is 1. The molecule has 4 aliphatic rings. The number of carbonyl (C=O) groups excluding carboxylic acids is 4. The second kappa shape index (κ2) is 11.2. The highest BCUT2D eigenvalue weighted by molar-refractivity contribution is 5.90. The predicted molar refractivity (Wildman–Crippen MR) is 150 cm³/mol. The third-order valence-electron chi connectivity index (χ3n) is 8.90. The fraction of sp³-hybridized carbons (Fsp3) is 0.607. The molecule has 1 saturated carbocycles. The van der Waals surface area contributed by atoms with Crippen LogP contribution in [0.25, 0.3) is 0 Å². The van der Waals surface area contributed by atoms with Crippen LogP contribution in [-0.4, -0.2) is 97.9 Å². The van der Waals surface area contributed by atoms with Crippen molar-refractivity contribution in [2.45, 2.75) is 62.6 Å². The van der Waals surface area contributed by atoms with Crippen LogP contribution in [0.3, 0.4) is 0 Å². The number of guanidine groups is 1. The Bertz CT molecular complexity index is 1280. The molecule has 2 aliphatic heterocycles. The number of likely N-dealkylation sites (N-methyl/N-ethyl adjacent to an activating group) is 2. The van der Waals surface area contributed by atoms with E-state index in [0.29, 0.717) is 49.3 Å². The lowest BCUT2D eigenvalue weighted by Crippen LogP contribution is -2.55. The van der Waals surface area contributed by atoms with Crippen molar-refractivity contribution >= 4 is 29.7 Å². The van der Waals surface area contributed by atoms with Crippen molar-refractivity contribution in [2.75, 3.05) is 40.3 Å². The molecular formula is C28H39N7O6. The minimum absolute atomic E-state index is 0.0355. The zero-order valence-corrected chi connectivity index (χ0v) is 23.8. The number of carbonyl (C=O) groups is 4. The van der Waals surface area contributed by atoms with E-state index >= 15 is 0 Å². The zero-order valence-electron chi connectivity index (χ0n) is 23.8. The Hall–Kier alpha value is -3.87.